The number of hydrogen-bond acceptors (Lipinski definition) is 4. The van der Waals surface area contributed by atoms with Gasteiger partial charge in [0.15, 0.2) is 5.12 Å². The third-order valence-corrected chi connectivity index (χ3v) is 4.75. The van der Waals surface area contributed by atoms with Crippen molar-refractivity contribution in [3.05, 3.63) is 36.1 Å². The fourth-order valence-corrected chi connectivity index (χ4v) is 3.38. The molecule has 1 aliphatic rings. The number of furan rings is 1. The third kappa shape index (κ3) is 3.29. The van der Waals surface area contributed by atoms with Crippen molar-refractivity contribution in [3.63, 3.8) is 0 Å². The van der Waals surface area contributed by atoms with Crippen LogP contribution in [0, 0.1) is 5.92 Å². The Morgan fingerprint density at radius 2 is 2.29 bits per heavy atom. The number of carbonyl (C=O) groups is 2. The molecule has 0 aliphatic carbocycles. The van der Waals surface area contributed by atoms with Crippen LogP contribution in [0.1, 0.15) is 18.9 Å². The van der Waals surface area contributed by atoms with E-state index >= 15 is 0 Å². The number of carbonyl (C=O) groups excluding carboxylic acids is 2. The summed E-state index contributed by atoms with van der Waals surface area (Å²) in [5, 5.41) is 1.18. The molecule has 1 atom stereocenters. The van der Waals surface area contributed by atoms with Gasteiger partial charge in [0.1, 0.15) is 5.58 Å². The lowest BCUT2D eigenvalue weighted by Crippen LogP contribution is -2.24. The SMILES string of the molecule is CC(=O)SCC1CC(=O)N(Cc2ccc3occc3c2)C1. The van der Waals surface area contributed by atoms with Crippen LogP contribution < -0.4 is 0 Å². The lowest BCUT2D eigenvalue weighted by molar-refractivity contribution is -0.128. The van der Waals surface area contributed by atoms with E-state index in [4.69, 9.17) is 4.42 Å². The molecule has 4 nitrogen and oxygen atoms in total. The van der Waals surface area contributed by atoms with Gasteiger partial charge in [0, 0.05) is 37.6 Å². The Morgan fingerprint density at radius 1 is 1.43 bits per heavy atom. The quantitative estimate of drug-likeness (QED) is 0.871. The molecule has 2 aromatic rings. The lowest BCUT2D eigenvalue weighted by Gasteiger charge is -2.16. The standard InChI is InChI=1S/C16H17NO3S/c1-11(18)21-10-13-7-16(19)17(9-13)8-12-2-3-15-14(6-12)4-5-20-15/h2-6,13H,7-10H2,1H3. The predicted molar refractivity (Wildman–Crippen MR) is 82.9 cm³/mol. The highest BCUT2D eigenvalue weighted by atomic mass is 32.2. The number of amides is 1. The summed E-state index contributed by atoms with van der Waals surface area (Å²) in [6.07, 6.45) is 2.22. The minimum Gasteiger partial charge on any atom is -0.464 e. The van der Waals surface area contributed by atoms with Crippen molar-refractivity contribution >= 4 is 33.8 Å². The van der Waals surface area contributed by atoms with Crippen molar-refractivity contribution in [1.29, 1.82) is 0 Å². The van der Waals surface area contributed by atoms with Gasteiger partial charge in [0.25, 0.3) is 0 Å². The van der Waals surface area contributed by atoms with Crippen LogP contribution in [0.2, 0.25) is 0 Å². The summed E-state index contributed by atoms with van der Waals surface area (Å²) < 4.78 is 5.32. The average molecular weight is 303 g/mol. The number of hydrogen-bond donors (Lipinski definition) is 0. The summed E-state index contributed by atoms with van der Waals surface area (Å²) in [7, 11) is 0. The van der Waals surface area contributed by atoms with Gasteiger partial charge in [-0.1, -0.05) is 17.8 Å². The Labute approximate surface area is 127 Å². The fourth-order valence-electron chi connectivity index (χ4n) is 2.69. The van der Waals surface area contributed by atoms with E-state index in [0.29, 0.717) is 13.0 Å². The molecule has 3 rings (SSSR count). The number of likely N-dealkylation sites (tertiary alicyclic amines) is 1. The second-order valence-corrected chi connectivity index (χ2v) is 6.64. The summed E-state index contributed by atoms with van der Waals surface area (Å²) in [6.45, 7) is 2.93. The van der Waals surface area contributed by atoms with Gasteiger partial charge in [0.05, 0.1) is 6.26 Å². The number of fused-ring (bicyclic) bond motifs is 1. The van der Waals surface area contributed by atoms with Crippen LogP contribution in [0.3, 0.4) is 0 Å². The van der Waals surface area contributed by atoms with Gasteiger partial charge >= 0.3 is 0 Å². The van der Waals surface area contributed by atoms with Crippen LogP contribution in [-0.2, 0) is 16.1 Å². The minimum atomic E-state index is 0.117. The van der Waals surface area contributed by atoms with Crippen molar-refractivity contribution in [2.75, 3.05) is 12.3 Å². The van der Waals surface area contributed by atoms with E-state index in [2.05, 4.69) is 6.07 Å². The van der Waals surface area contributed by atoms with Crippen molar-refractivity contribution in [3.8, 4) is 0 Å². The minimum absolute atomic E-state index is 0.117. The number of rotatable bonds is 4. The Balaban J connectivity index is 1.64. The normalized spacial score (nSPS) is 18.6. The van der Waals surface area contributed by atoms with E-state index in [1.165, 1.54) is 11.8 Å². The smallest absolute Gasteiger partial charge is 0.223 e. The largest absolute Gasteiger partial charge is 0.464 e. The van der Waals surface area contributed by atoms with Crippen LogP contribution in [0.25, 0.3) is 11.0 Å². The molecule has 0 radical (unpaired) electrons. The predicted octanol–water partition coefficient (Wildman–Crippen LogP) is 3.06. The Morgan fingerprint density at radius 3 is 3.10 bits per heavy atom. The molecule has 0 spiro atoms. The first kappa shape index (κ1) is 14.2. The first-order valence-electron chi connectivity index (χ1n) is 6.99. The van der Waals surface area contributed by atoms with E-state index in [9.17, 15) is 9.59 Å². The topological polar surface area (TPSA) is 50.5 Å². The molecule has 1 saturated heterocycles. The molecule has 1 fully saturated rings. The number of thioether (sulfide) groups is 1. The van der Waals surface area contributed by atoms with Crippen molar-refractivity contribution in [1.82, 2.24) is 4.90 Å². The van der Waals surface area contributed by atoms with Crippen LogP contribution in [0.5, 0.6) is 0 Å². The Kier molecular flexibility index (Phi) is 4.01. The second-order valence-electron chi connectivity index (χ2n) is 5.44. The highest BCUT2D eigenvalue weighted by molar-refractivity contribution is 8.13. The molecule has 1 aromatic carbocycles. The van der Waals surface area contributed by atoms with Crippen LogP contribution in [0.15, 0.2) is 34.9 Å². The van der Waals surface area contributed by atoms with Gasteiger partial charge in [0.2, 0.25) is 5.91 Å². The van der Waals surface area contributed by atoms with E-state index in [1.54, 1.807) is 13.2 Å². The lowest BCUT2D eigenvalue weighted by atomic mass is 10.1. The maximum absolute atomic E-state index is 12.1. The molecule has 2 heterocycles. The van der Waals surface area contributed by atoms with E-state index in [1.807, 2.05) is 23.1 Å². The average Bonchev–Trinajstić information content (AvgIpc) is 3.03. The summed E-state index contributed by atoms with van der Waals surface area (Å²) in [5.41, 5.74) is 1.97. The fraction of sp³-hybridized carbons (Fsp3) is 0.375. The Hall–Kier alpha value is -1.75. The summed E-state index contributed by atoms with van der Waals surface area (Å²) in [6, 6.07) is 7.92. The van der Waals surface area contributed by atoms with E-state index < -0.39 is 0 Å². The van der Waals surface area contributed by atoms with Gasteiger partial charge in [-0.25, -0.2) is 0 Å². The molecular formula is C16H17NO3S. The second kappa shape index (κ2) is 5.93. The molecule has 1 unspecified atom stereocenters. The summed E-state index contributed by atoms with van der Waals surface area (Å²) in [4.78, 5) is 25.0. The maximum Gasteiger partial charge on any atom is 0.223 e. The van der Waals surface area contributed by atoms with E-state index in [0.717, 1.165) is 28.8 Å². The van der Waals surface area contributed by atoms with Gasteiger partial charge in [-0.3, -0.25) is 9.59 Å². The first-order valence-corrected chi connectivity index (χ1v) is 7.97. The number of benzene rings is 1. The van der Waals surface area contributed by atoms with Crippen molar-refractivity contribution in [2.24, 2.45) is 5.92 Å². The molecule has 0 bridgehead atoms. The molecule has 110 valence electrons. The molecule has 21 heavy (non-hydrogen) atoms. The first-order chi connectivity index (χ1) is 10.1. The molecule has 1 aromatic heterocycles. The summed E-state index contributed by atoms with van der Waals surface area (Å²) in [5.74, 6) is 1.19. The van der Waals surface area contributed by atoms with Crippen LogP contribution in [-0.4, -0.2) is 28.2 Å². The van der Waals surface area contributed by atoms with Gasteiger partial charge in [-0.15, -0.1) is 0 Å². The highest BCUT2D eigenvalue weighted by Crippen LogP contribution is 2.25. The zero-order chi connectivity index (χ0) is 14.8. The van der Waals surface area contributed by atoms with Gasteiger partial charge in [-0.2, -0.15) is 0 Å². The third-order valence-electron chi connectivity index (χ3n) is 3.71. The maximum atomic E-state index is 12.1. The highest BCUT2D eigenvalue weighted by Gasteiger charge is 2.29. The van der Waals surface area contributed by atoms with Crippen LogP contribution >= 0.6 is 11.8 Å². The van der Waals surface area contributed by atoms with Crippen molar-refractivity contribution < 1.29 is 14.0 Å². The molecule has 5 heteroatoms. The van der Waals surface area contributed by atoms with E-state index in [-0.39, 0.29) is 16.9 Å². The molecule has 1 aliphatic heterocycles. The van der Waals surface area contributed by atoms with Gasteiger partial charge < -0.3 is 9.32 Å². The summed E-state index contributed by atoms with van der Waals surface area (Å²) >= 11 is 1.31. The number of nitrogens with zero attached hydrogens (tertiary/aromatic N) is 1. The molecule has 1 amide bonds. The van der Waals surface area contributed by atoms with Gasteiger partial charge in [-0.05, 0) is 29.7 Å². The molecule has 0 N–H and O–H groups in total. The zero-order valence-corrected chi connectivity index (χ0v) is 12.7. The molecule has 0 saturated carbocycles. The zero-order valence-electron chi connectivity index (χ0n) is 11.9. The monoisotopic (exact) mass is 303 g/mol. The molecular weight excluding hydrogens is 286 g/mol. The van der Waals surface area contributed by atoms with Crippen LogP contribution in [0.4, 0.5) is 0 Å². The Bertz CT molecular complexity index is 679. The van der Waals surface area contributed by atoms with Crippen molar-refractivity contribution in [2.45, 2.75) is 19.9 Å².